The first-order chi connectivity index (χ1) is 6.90. The van der Waals surface area contributed by atoms with Gasteiger partial charge in [0.1, 0.15) is 5.75 Å². The summed E-state index contributed by atoms with van der Waals surface area (Å²) in [6.07, 6.45) is 7.02. The molecule has 0 aliphatic heterocycles. The summed E-state index contributed by atoms with van der Waals surface area (Å²) >= 11 is 0. The van der Waals surface area contributed by atoms with Gasteiger partial charge in [-0.1, -0.05) is 6.07 Å². The van der Waals surface area contributed by atoms with Crippen LogP contribution in [0, 0.1) is 0 Å². The van der Waals surface area contributed by atoms with E-state index in [1.807, 2.05) is 18.2 Å². The second-order valence-electron chi connectivity index (χ2n) is 2.86. The Morgan fingerprint density at radius 3 is 2.64 bits per heavy atom. The molecule has 0 aliphatic carbocycles. The maximum atomic E-state index is 5.09. The van der Waals surface area contributed by atoms with Crippen LogP contribution in [0.1, 0.15) is 0 Å². The predicted octanol–water partition coefficient (Wildman–Crippen LogP) is 2.15. The maximum Gasteiger partial charge on any atom is 0.137 e. The van der Waals surface area contributed by atoms with Crippen LogP contribution >= 0.6 is 0 Å². The van der Waals surface area contributed by atoms with E-state index in [0.29, 0.717) is 0 Å². The number of hydrogen-bond acceptors (Lipinski definition) is 3. The predicted molar refractivity (Wildman–Crippen MR) is 54.0 cm³/mol. The summed E-state index contributed by atoms with van der Waals surface area (Å²) in [5.41, 5.74) is 2.05. The largest absolute Gasteiger partial charge is 0.495 e. The van der Waals surface area contributed by atoms with E-state index in [9.17, 15) is 0 Å². The lowest BCUT2D eigenvalue weighted by Gasteiger charge is -2.02. The Morgan fingerprint density at radius 1 is 1.07 bits per heavy atom. The molecule has 0 aliphatic rings. The van der Waals surface area contributed by atoms with Crippen LogP contribution in [0.15, 0.2) is 43.0 Å². The third kappa shape index (κ3) is 1.71. The van der Waals surface area contributed by atoms with Crippen LogP contribution in [-0.4, -0.2) is 17.1 Å². The quantitative estimate of drug-likeness (QED) is 0.720. The molecule has 0 N–H and O–H groups in total. The minimum absolute atomic E-state index is 0.756. The molecule has 0 bridgehead atoms. The highest BCUT2D eigenvalue weighted by molar-refractivity contribution is 5.62. The van der Waals surface area contributed by atoms with Gasteiger partial charge in [-0.05, 0) is 12.1 Å². The van der Waals surface area contributed by atoms with Crippen molar-refractivity contribution in [2.75, 3.05) is 7.11 Å². The van der Waals surface area contributed by atoms with Crippen LogP contribution in [0.4, 0.5) is 0 Å². The summed E-state index contributed by atoms with van der Waals surface area (Å²) in [5.74, 6) is 0.756. The van der Waals surface area contributed by atoms with Gasteiger partial charge >= 0.3 is 0 Å². The smallest absolute Gasteiger partial charge is 0.137 e. The van der Waals surface area contributed by atoms with Crippen molar-refractivity contribution in [3.05, 3.63) is 43.0 Å². The third-order valence-corrected chi connectivity index (χ3v) is 1.94. The Bertz CT molecular complexity index is 415. The van der Waals surface area contributed by atoms with Crippen molar-refractivity contribution >= 4 is 0 Å². The lowest BCUT2D eigenvalue weighted by molar-refractivity contribution is 0.413. The molecule has 2 aromatic heterocycles. The third-order valence-electron chi connectivity index (χ3n) is 1.94. The Hall–Kier alpha value is -1.90. The zero-order chi connectivity index (χ0) is 9.80. The fourth-order valence-electron chi connectivity index (χ4n) is 1.22. The van der Waals surface area contributed by atoms with Crippen molar-refractivity contribution in [3.8, 4) is 16.9 Å². The summed E-state index contributed by atoms with van der Waals surface area (Å²) < 4.78 is 5.09. The number of methoxy groups -OCH3 is 1. The molecule has 0 saturated carbocycles. The van der Waals surface area contributed by atoms with E-state index in [0.717, 1.165) is 16.9 Å². The summed E-state index contributed by atoms with van der Waals surface area (Å²) in [6, 6.07) is 5.82. The Kier molecular flexibility index (Phi) is 2.40. The molecule has 70 valence electrons. The fourth-order valence-corrected chi connectivity index (χ4v) is 1.22. The van der Waals surface area contributed by atoms with E-state index in [1.54, 1.807) is 31.9 Å². The first kappa shape index (κ1) is 8.69. The molecule has 0 amide bonds. The molecule has 3 nitrogen and oxygen atoms in total. The average Bonchev–Trinajstić information content (AvgIpc) is 2.30. The van der Waals surface area contributed by atoms with Crippen molar-refractivity contribution in [1.29, 1.82) is 0 Å². The summed E-state index contributed by atoms with van der Waals surface area (Å²) in [5, 5.41) is 0. The number of rotatable bonds is 2. The molecule has 0 aromatic carbocycles. The van der Waals surface area contributed by atoms with E-state index >= 15 is 0 Å². The molecule has 0 spiro atoms. The van der Waals surface area contributed by atoms with Crippen molar-refractivity contribution in [3.63, 3.8) is 0 Å². The van der Waals surface area contributed by atoms with Crippen molar-refractivity contribution in [2.24, 2.45) is 0 Å². The Labute approximate surface area is 82.4 Å². The zero-order valence-corrected chi connectivity index (χ0v) is 7.84. The average molecular weight is 186 g/mol. The number of aromatic nitrogens is 2. The maximum absolute atomic E-state index is 5.09. The van der Waals surface area contributed by atoms with Crippen LogP contribution in [-0.2, 0) is 0 Å². The highest BCUT2D eigenvalue weighted by atomic mass is 16.5. The summed E-state index contributed by atoms with van der Waals surface area (Å²) in [7, 11) is 1.63. The van der Waals surface area contributed by atoms with Gasteiger partial charge in [-0.2, -0.15) is 0 Å². The van der Waals surface area contributed by atoms with Crippen LogP contribution in [0.3, 0.4) is 0 Å². The second-order valence-corrected chi connectivity index (χ2v) is 2.86. The lowest BCUT2D eigenvalue weighted by atomic mass is 10.1. The van der Waals surface area contributed by atoms with Crippen molar-refractivity contribution < 1.29 is 4.74 Å². The molecule has 14 heavy (non-hydrogen) atoms. The molecular weight excluding hydrogens is 176 g/mol. The lowest BCUT2D eigenvalue weighted by Crippen LogP contribution is -1.86. The van der Waals surface area contributed by atoms with E-state index in [1.165, 1.54) is 0 Å². The molecule has 0 saturated heterocycles. The van der Waals surface area contributed by atoms with Gasteiger partial charge in [0.25, 0.3) is 0 Å². The van der Waals surface area contributed by atoms with E-state index < -0.39 is 0 Å². The van der Waals surface area contributed by atoms with Crippen molar-refractivity contribution in [2.45, 2.75) is 0 Å². The van der Waals surface area contributed by atoms with Gasteiger partial charge in [0.2, 0.25) is 0 Å². The minimum atomic E-state index is 0.756. The standard InChI is InChI=1S/C11H10N2O/c1-14-11-5-10(7-13-8-11)9-3-2-4-12-6-9/h2-8H,1H3. The van der Waals surface area contributed by atoms with Crippen molar-refractivity contribution in [1.82, 2.24) is 9.97 Å². The van der Waals surface area contributed by atoms with Gasteiger partial charge in [0.05, 0.1) is 13.3 Å². The SMILES string of the molecule is COc1cncc(-c2cccnc2)c1. The number of ether oxygens (including phenoxy) is 1. The second kappa shape index (κ2) is 3.87. The highest BCUT2D eigenvalue weighted by Crippen LogP contribution is 2.20. The van der Waals surface area contributed by atoms with Crippen LogP contribution in [0.2, 0.25) is 0 Å². The number of hydrogen-bond donors (Lipinski definition) is 0. The summed E-state index contributed by atoms with van der Waals surface area (Å²) in [4.78, 5) is 8.13. The molecule has 2 aromatic rings. The first-order valence-corrected chi connectivity index (χ1v) is 4.29. The van der Waals surface area contributed by atoms with Gasteiger partial charge in [0.15, 0.2) is 0 Å². The minimum Gasteiger partial charge on any atom is -0.495 e. The number of pyridine rings is 2. The molecule has 0 unspecified atom stereocenters. The van der Waals surface area contributed by atoms with Crippen LogP contribution in [0.5, 0.6) is 5.75 Å². The topological polar surface area (TPSA) is 35.0 Å². The van der Waals surface area contributed by atoms with Gasteiger partial charge in [0, 0.05) is 29.7 Å². The molecule has 2 rings (SSSR count). The molecule has 3 heteroatoms. The molecular formula is C11H10N2O. The van der Waals surface area contributed by atoms with Crippen LogP contribution < -0.4 is 4.74 Å². The fraction of sp³-hybridized carbons (Fsp3) is 0.0909. The molecule has 0 radical (unpaired) electrons. The molecule has 0 atom stereocenters. The van der Waals surface area contributed by atoms with Gasteiger partial charge < -0.3 is 4.74 Å². The van der Waals surface area contributed by atoms with Gasteiger partial charge in [-0.15, -0.1) is 0 Å². The first-order valence-electron chi connectivity index (χ1n) is 4.29. The van der Waals surface area contributed by atoms with E-state index in [-0.39, 0.29) is 0 Å². The Balaban J connectivity index is 2.42. The van der Waals surface area contributed by atoms with E-state index in [4.69, 9.17) is 4.74 Å². The molecule has 2 heterocycles. The molecule has 0 fully saturated rings. The highest BCUT2D eigenvalue weighted by Gasteiger charge is 1.98. The zero-order valence-electron chi connectivity index (χ0n) is 7.84. The normalized spacial score (nSPS) is 9.79. The summed E-state index contributed by atoms with van der Waals surface area (Å²) in [6.45, 7) is 0. The van der Waals surface area contributed by atoms with Gasteiger partial charge in [-0.3, -0.25) is 9.97 Å². The van der Waals surface area contributed by atoms with Gasteiger partial charge in [-0.25, -0.2) is 0 Å². The number of nitrogens with zero attached hydrogens (tertiary/aromatic N) is 2. The Morgan fingerprint density at radius 2 is 1.93 bits per heavy atom. The van der Waals surface area contributed by atoms with Crippen LogP contribution in [0.25, 0.3) is 11.1 Å². The van der Waals surface area contributed by atoms with E-state index in [2.05, 4.69) is 9.97 Å². The monoisotopic (exact) mass is 186 g/mol.